The van der Waals surface area contributed by atoms with E-state index in [0.29, 0.717) is 0 Å². The van der Waals surface area contributed by atoms with Gasteiger partial charge in [-0.25, -0.2) is 0 Å². The van der Waals surface area contributed by atoms with Gasteiger partial charge in [0.05, 0.1) is 12.1 Å². The Bertz CT molecular complexity index is 277. The molecule has 0 saturated heterocycles. The Kier molecular flexibility index (Phi) is 2.67. The van der Waals surface area contributed by atoms with Crippen molar-refractivity contribution in [3.8, 4) is 12.1 Å². The zero-order valence-electron chi connectivity index (χ0n) is 9.05. The van der Waals surface area contributed by atoms with Gasteiger partial charge in [0, 0.05) is 0 Å². The normalized spacial score (nSPS) is 27.1. The van der Waals surface area contributed by atoms with Crippen molar-refractivity contribution in [3.63, 3.8) is 0 Å². The van der Waals surface area contributed by atoms with Crippen LogP contribution in [0.25, 0.3) is 0 Å². The second-order valence-corrected chi connectivity index (χ2v) is 4.93. The van der Waals surface area contributed by atoms with Crippen LogP contribution in [-0.4, -0.2) is 11.1 Å². The van der Waals surface area contributed by atoms with Crippen molar-refractivity contribution < 1.29 is 0 Å². The zero-order valence-corrected chi connectivity index (χ0v) is 9.05. The summed E-state index contributed by atoms with van der Waals surface area (Å²) in [7, 11) is 0. The van der Waals surface area contributed by atoms with Gasteiger partial charge in [0.2, 0.25) is 0 Å². The van der Waals surface area contributed by atoms with Gasteiger partial charge in [-0.2, -0.15) is 10.5 Å². The monoisotopic (exact) mass is 203 g/mol. The van der Waals surface area contributed by atoms with Crippen LogP contribution in [0.4, 0.5) is 0 Å². The van der Waals surface area contributed by atoms with Crippen LogP contribution in [0.5, 0.6) is 0 Å². The number of hydrogen-bond donors (Lipinski definition) is 1. The molecule has 0 amide bonds. The van der Waals surface area contributed by atoms with Crippen LogP contribution >= 0.6 is 0 Å². The zero-order chi connectivity index (χ0) is 10.8. The summed E-state index contributed by atoms with van der Waals surface area (Å²) in [4.78, 5) is 0. The van der Waals surface area contributed by atoms with E-state index in [0.717, 1.165) is 51.4 Å². The third-order valence-electron chi connectivity index (χ3n) is 3.82. The van der Waals surface area contributed by atoms with Crippen LogP contribution < -0.4 is 5.32 Å². The number of nitriles is 2. The third-order valence-corrected chi connectivity index (χ3v) is 3.82. The van der Waals surface area contributed by atoms with Crippen molar-refractivity contribution in [3.05, 3.63) is 0 Å². The predicted molar refractivity (Wildman–Crippen MR) is 56.8 cm³/mol. The molecule has 0 aromatic carbocycles. The van der Waals surface area contributed by atoms with Crippen molar-refractivity contribution >= 4 is 0 Å². The maximum atomic E-state index is 9.26. The van der Waals surface area contributed by atoms with Crippen molar-refractivity contribution in [2.75, 3.05) is 0 Å². The minimum absolute atomic E-state index is 0.403. The molecule has 2 fully saturated rings. The first-order valence-electron chi connectivity index (χ1n) is 5.86. The first kappa shape index (κ1) is 10.5. The molecule has 0 spiro atoms. The molecule has 0 aromatic rings. The molecule has 0 atom stereocenters. The molecule has 80 valence electrons. The van der Waals surface area contributed by atoms with Gasteiger partial charge in [0.1, 0.15) is 11.1 Å². The van der Waals surface area contributed by atoms with Crippen LogP contribution in [0.1, 0.15) is 51.4 Å². The molecule has 1 N–H and O–H groups in total. The fourth-order valence-electron chi connectivity index (χ4n) is 2.94. The summed E-state index contributed by atoms with van der Waals surface area (Å²) in [6.45, 7) is 0. The lowest BCUT2D eigenvalue weighted by atomic mass is 9.91. The summed E-state index contributed by atoms with van der Waals surface area (Å²) in [6.07, 6.45) is 8.09. The molecule has 2 aliphatic rings. The molecule has 0 bridgehead atoms. The Hall–Kier alpha value is -1.06. The highest BCUT2D eigenvalue weighted by molar-refractivity contribution is 5.19. The van der Waals surface area contributed by atoms with E-state index in [1.54, 1.807) is 0 Å². The maximum absolute atomic E-state index is 9.26. The smallest absolute Gasteiger partial charge is 0.107 e. The second-order valence-electron chi connectivity index (χ2n) is 4.93. The summed E-state index contributed by atoms with van der Waals surface area (Å²) < 4.78 is 0. The van der Waals surface area contributed by atoms with Crippen molar-refractivity contribution in [1.82, 2.24) is 5.32 Å². The van der Waals surface area contributed by atoms with E-state index in [1.165, 1.54) is 0 Å². The van der Waals surface area contributed by atoms with E-state index >= 15 is 0 Å². The summed E-state index contributed by atoms with van der Waals surface area (Å²) >= 11 is 0. The average molecular weight is 203 g/mol. The fraction of sp³-hybridized carbons (Fsp3) is 0.833. The van der Waals surface area contributed by atoms with Crippen LogP contribution in [-0.2, 0) is 0 Å². The van der Waals surface area contributed by atoms with Gasteiger partial charge in [-0.15, -0.1) is 0 Å². The van der Waals surface area contributed by atoms with Gasteiger partial charge in [0.25, 0.3) is 0 Å². The average Bonchev–Trinajstić information content (AvgIpc) is 2.89. The Balaban J connectivity index is 2.12. The highest BCUT2D eigenvalue weighted by atomic mass is 15.1. The molecule has 0 unspecified atom stereocenters. The Morgan fingerprint density at radius 3 is 1.33 bits per heavy atom. The number of nitrogens with one attached hydrogen (secondary N) is 1. The molecule has 0 heterocycles. The molecule has 0 aliphatic heterocycles. The highest BCUT2D eigenvalue weighted by Gasteiger charge is 2.44. The van der Waals surface area contributed by atoms with Gasteiger partial charge >= 0.3 is 0 Å². The van der Waals surface area contributed by atoms with Gasteiger partial charge in [-0.1, -0.05) is 25.7 Å². The lowest BCUT2D eigenvalue weighted by molar-refractivity contribution is 0.305. The molecule has 0 radical (unpaired) electrons. The predicted octanol–water partition coefficient (Wildman–Crippen LogP) is 2.25. The lowest BCUT2D eigenvalue weighted by Crippen LogP contribution is -2.54. The highest BCUT2D eigenvalue weighted by Crippen LogP contribution is 2.36. The molecule has 2 rings (SSSR count). The van der Waals surface area contributed by atoms with E-state index in [2.05, 4.69) is 17.5 Å². The molecule has 2 saturated carbocycles. The van der Waals surface area contributed by atoms with E-state index in [-0.39, 0.29) is 0 Å². The Morgan fingerprint density at radius 1 is 0.733 bits per heavy atom. The SMILES string of the molecule is N#CC1(NC2(C#N)CCCC2)CCCC1. The first-order chi connectivity index (χ1) is 7.24. The summed E-state index contributed by atoms with van der Waals surface area (Å²) in [5.74, 6) is 0. The van der Waals surface area contributed by atoms with Crippen LogP contribution in [0, 0.1) is 22.7 Å². The van der Waals surface area contributed by atoms with E-state index < -0.39 is 11.1 Å². The van der Waals surface area contributed by atoms with Gasteiger partial charge in [0.15, 0.2) is 0 Å². The molecule has 15 heavy (non-hydrogen) atoms. The minimum Gasteiger partial charge on any atom is -0.281 e. The van der Waals surface area contributed by atoms with Gasteiger partial charge < -0.3 is 0 Å². The molecule has 2 aliphatic carbocycles. The number of nitrogens with zero attached hydrogens (tertiary/aromatic N) is 2. The fourth-order valence-corrected chi connectivity index (χ4v) is 2.94. The molecular formula is C12H17N3. The van der Waals surface area contributed by atoms with Crippen LogP contribution in [0.15, 0.2) is 0 Å². The van der Waals surface area contributed by atoms with Gasteiger partial charge in [-0.3, -0.25) is 5.32 Å². The Labute approximate surface area is 91.1 Å². The minimum atomic E-state index is -0.403. The van der Waals surface area contributed by atoms with E-state index in [1.807, 2.05) is 0 Å². The quantitative estimate of drug-likeness (QED) is 0.748. The Morgan fingerprint density at radius 2 is 1.07 bits per heavy atom. The third kappa shape index (κ3) is 1.85. The van der Waals surface area contributed by atoms with Crippen LogP contribution in [0.2, 0.25) is 0 Å². The van der Waals surface area contributed by atoms with E-state index in [4.69, 9.17) is 0 Å². The maximum Gasteiger partial charge on any atom is 0.107 e. The molecular weight excluding hydrogens is 186 g/mol. The summed E-state index contributed by atoms with van der Waals surface area (Å²) in [6, 6.07) is 4.80. The van der Waals surface area contributed by atoms with E-state index in [9.17, 15) is 10.5 Å². The molecule has 0 aromatic heterocycles. The molecule has 3 heteroatoms. The second kappa shape index (κ2) is 3.83. The number of hydrogen-bond acceptors (Lipinski definition) is 3. The van der Waals surface area contributed by atoms with Crippen molar-refractivity contribution in [2.45, 2.75) is 62.4 Å². The van der Waals surface area contributed by atoms with Crippen molar-refractivity contribution in [1.29, 1.82) is 10.5 Å². The standard InChI is InChI=1S/C12H17N3/c13-9-11(5-1-2-6-11)15-12(10-14)7-3-4-8-12/h15H,1-8H2. The van der Waals surface area contributed by atoms with Crippen molar-refractivity contribution in [2.24, 2.45) is 0 Å². The number of rotatable bonds is 2. The van der Waals surface area contributed by atoms with Gasteiger partial charge in [-0.05, 0) is 25.7 Å². The topological polar surface area (TPSA) is 59.6 Å². The molecule has 3 nitrogen and oxygen atoms in total. The first-order valence-corrected chi connectivity index (χ1v) is 5.86. The van der Waals surface area contributed by atoms with Crippen LogP contribution in [0.3, 0.4) is 0 Å². The largest absolute Gasteiger partial charge is 0.281 e. The summed E-state index contributed by atoms with van der Waals surface area (Å²) in [5.41, 5.74) is -0.805. The lowest BCUT2D eigenvalue weighted by Gasteiger charge is -2.32. The summed E-state index contributed by atoms with van der Waals surface area (Å²) in [5, 5.41) is 21.9.